The van der Waals surface area contributed by atoms with E-state index in [1.165, 1.54) is 64.1 Å². The predicted octanol–water partition coefficient (Wildman–Crippen LogP) is 31.2. The van der Waals surface area contributed by atoms with Crippen molar-refractivity contribution in [3.05, 3.63) is 424 Å². The first kappa shape index (κ1) is 105. The van der Waals surface area contributed by atoms with Gasteiger partial charge in [0.05, 0.1) is 29.4 Å². The van der Waals surface area contributed by atoms with Crippen molar-refractivity contribution in [1.82, 2.24) is 0 Å². The highest BCUT2D eigenvalue weighted by molar-refractivity contribution is 7.99. The summed E-state index contributed by atoms with van der Waals surface area (Å²) in [6.45, 7) is 41.9. The van der Waals surface area contributed by atoms with Gasteiger partial charge >= 0.3 is 12.4 Å². The van der Waals surface area contributed by atoms with Crippen molar-refractivity contribution < 1.29 is 73.9 Å². The van der Waals surface area contributed by atoms with E-state index in [-0.39, 0.29) is 24.3 Å². The summed E-state index contributed by atoms with van der Waals surface area (Å²) in [4.78, 5) is 7.45. The lowest BCUT2D eigenvalue weighted by molar-refractivity contribution is -0.288. The van der Waals surface area contributed by atoms with Gasteiger partial charge in [-0.05, 0) is 388 Å². The highest BCUT2D eigenvalue weighted by atomic mass is 32.2. The summed E-state index contributed by atoms with van der Waals surface area (Å²) in [6.07, 6.45) is -12.5. The lowest BCUT2D eigenvalue weighted by Gasteiger charge is -2.38. The first-order chi connectivity index (χ1) is 61.1. The average Bonchev–Trinajstić information content (AvgIpc) is 0.707. The Kier molecular flexibility index (Phi) is 35.9. The molecule has 0 aromatic heterocycles. The van der Waals surface area contributed by atoms with Crippen molar-refractivity contribution in [3.63, 3.8) is 0 Å². The van der Waals surface area contributed by atoms with Crippen LogP contribution >= 0.6 is 23.5 Å². The van der Waals surface area contributed by atoms with Crippen LogP contribution in [0.2, 0.25) is 0 Å². The molecule has 0 saturated heterocycles. The van der Waals surface area contributed by atoms with Gasteiger partial charge in [-0.25, -0.2) is 42.8 Å². The molecule has 0 amide bonds. The quantitative estimate of drug-likeness (QED) is 0.0983. The molecule has 0 bridgehead atoms. The van der Waals surface area contributed by atoms with E-state index in [2.05, 4.69) is 140 Å². The van der Waals surface area contributed by atoms with Gasteiger partial charge in [0.25, 0.3) is 0 Å². The van der Waals surface area contributed by atoms with Crippen molar-refractivity contribution in [2.75, 3.05) is 0 Å². The van der Waals surface area contributed by atoms with Crippen LogP contribution in [0.25, 0.3) is 0 Å². The molecule has 0 aliphatic heterocycles. The lowest BCUT2D eigenvalue weighted by atomic mass is 9.72. The molecule has 14 aromatic rings. The molecule has 0 atom stereocenters. The van der Waals surface area contributed by atoms with Gasteiger partial charge in [-0.3, -0.25) is 0 Å². The summed E-state index contributed by atoms with van der Waals surface area (Å²) in [5, 5.41) is 0. The Balaban J connectivity index is 0.000000190. The molecule has 688 valence electrons. The Hall–Kier alpha value is -11.3. The molecule has 0 fully saturated rings. The number of hydrogen-bond donors (Lipinski definition) is 0. The number of ether oxygens (including phenoxy) is 1. The predicted molar refractivity (Wildman–Crippen MR) is 512 cm³/mol. The highest BCUT2D eigenvalue weighted by Crippen LogP contribution is 2.57. The van der Waals surface area contributed by atoms with E-state index >= 15 is 0 Å². The van der Waals surface area contributed by atoms with Crippen LogP contribution in [-0.2, 0) is 34.9 Å². The van der Waals surface area contributed by atoms with Crippen molar-refractivity contribution in [1.29, 1.82) is 0 Å². The molecule has 131 heavy (non-hydrogen) atoms. The molecule has 14 aromatic carbocycles. The van der Waals surface area contributed by atoms with Crippen LogP contribution in [0, 0.1) is 176 Å². The van der Waals surface area contributed by atoms with E-state index in [0.29, 0.717) is 29.4 Å². The largest absolute Gasteiger partial charge is 0.457 e. The monoisotopic (exact) mass is 1880 g/mol. The van der Waals surface area contributed by atoms with Gasteiger partial charge in [0.2, 0.25) is 34.9 Å². The van der Waals surface area contributed by atoms with Crippen LogP contribution in [0.4, 0.5) is 43.9 Å². The minimum absolute atomic E-state index is 0.144. The van der Waals surface area contributed by atoms with Gasteiger partial charge in [0.1, 0.15) is 34.8 Å². The number of hydrogen-bond acceptors (Lipinski definition) is 9. The van der Waals surface area contributed by atoms with Crippen molar-refractivity contribution in [2.45, 2.75) is 219 Å². The second kappa shape index (κ2) is 44.8. The average molecular weight is 1880 g/mol. The van der Waals surface area contributed by atoms with E-state index in [0.717, 1.165) is 92.1 Å². The van der Waals surface area contributed by atoms with E-state index in [9.17, 15) is 69.2 Å². The maximum Gasteiger partial charge on any atom is 0.411 e. The number of alkyl halides is 6. The Bertz CT molecular complexity index is 6150. The van der Waals surface area contributed by atoms with Crippen LogP contribution in [0.15, 0.2) is 316 Å². The van der Waals surface area contributed by atoms with E-state index < -0.39 is 92.8 Å². The fourth-order valence-corrected chi connectivity index (χ4v) is 19.8. The van der Waals surface area contributed by atoms with Crippen LogP contribution in [-0.4, -0.2) is 37.6 Å². The Labute approximate surface area is 775 Å². The van der Waals surface area contributed by atoms with E-state index in [1.54, 1.807) is 96.7 Å². The summed E-state index contributed by atoms with van der Waals surface area (Å²) >= 11 is 3.64. The summed E-state index contributed by atoms with van der Waals surface area (Å²) in [5.74, 6) is -4.92. The molecule has 0 saturated carbocycles. The first-order valence-corrected chi connectivity index (χ1v) is 47.9. The normalized spacial score (nSPS) is 11.5. The fourth-order valence-electron chi connectivity index (χ4n) is 13.4. The van der Waals surface area contributed by atoms with Gasteiger partial charge in [0.15, 0.2) is 0 Å². The molecule has 0 aliphatic rings. The smallest absolute Gasteiger partial charge is 0.411 e. The third-order valence-corrected chi connectivity index (χ3v) is 29.9. The molecule has 22 heteroatoms. The Morgan fingerprint density at radius 3 is 0.733 bits per heavy atom. The Morgan fingerprint density at radius 2 is 0.466 bits per heavy atom. The first-order valence-electron chi connectivity index (χ1n) is 41.8. The van der Waals surface area contributed by atoms with Crippen molar-refractivity contribution in [3.8, 4) is 11.5 Å². The van der Waals surface area contributed by atoms with Crippen LogP contribution in [0.5, 0.6) is 11.5 Å². The molecule has 0 heterocycles. The van der Waals surface area contributed by atoms with E-state index in [4.69, 9.17) is 4.74 Å². The number of aryl methyl sites for hydroxylation is 18. The second-order valence-corrected chi connectivity index (χ2v) is 41.0. The topological polar surface area (TPSA) is 112 Å². The molecule has 7 nitrogen and oxygen atoms in total. The molecule has 0 radical (unpaired) electrons. The van der Waals surface area contributed by atoms with Crippen LogP contribution in [0.3, 0.4) is 0 Å². The molecule has 0 unspecified atom stereocenters. The third kappa shape index (κ3) is 27.5. The summed E-state index contributed by atoms with van der Waals surface area (Å²) in [6, 6.07) is 77.8. The van der Waals surface area contributed by atoms with Gasteiger partial charge in [-0.15, -0.1) is 0 Å². The summed E-state index contributed by atoms with van der Waals surface area (Å²) < 4.78 is 219. The molecule has 0 N–H and O–H groups in total. The Morgan fingerprint density at radius 1 is 0.221 bits per heavy atom. The van der Waals surface area contributed by atoms with Gasteiger partial charge in [-0.2, -0.15) is 26.3 Å². The molecule has 0 spiro atoms. The number of rotatable bonds is 14. The number of benzene rings is 14. The maximum atomic E-state index is 13.8. The molecular weight excluding hydrogens is 1770 g/mol. The maximum absolute atomic E-state index is 13.8. The summed E-state index contributed by atoms with van der Waals surface area (Å²) in [7, 11) is -10.3. The third-order valence-electron chi connectivity index (χ3n) is 22.4. The minimum Gasteiger partial charge on any atom is -0.457 e. The fraction of sp³-hybridized carbons (Fsp3) is 0.229. The molecular formula is C109H110F10O7S5. The lowest BCUT2D eigenvalue weighted by Crippen LogP contribution is -2.55. The second-order valence-electron chi connectivity index (χ2n) is 33.0. The van der Waals surface area contributed by atoms with E-state index in [1.807, 2.05) is 168 Å². The summed E-state index contributed by atoms with van der Waals surface area (Å²) in [5.41, 5.74) is 12.2. The van der Waals surface area contributed by atoms with Crippen LogP contribution < -0.4 is 4.74 Å². The SMILES string of the molecule is Cc1c(F)cc(C(c2cc(F)c(C)c(F)c2)(C(F)(F)F)C(F)(F)F)cc1F.Cc1cc(S(=O)(=O)c2cc(C)c(C)c(C)c2)cc(C)c1C.Cc1ccc(Oc2ccc(C)cc2)cc1.Cc1ccc(S(=O)(=O)c2ccc(C)cc2)cc1.Cc1ccc(S(=O)(=O)c2ccc(C)cc2C)c(C)c1.Cc1ccc(Sc2ccc(C)c(C)c2)cc1C.Cc1ccc(Sc2ccc(C)cc2)cc1. The zero-order valence-electron chi connectivity index (χ0n) is 77.6. The van der Waals surface area contributed by atoms with Crippen molar-refractivity contribution in [2.24, 2.45) is 0 Å². The van der Waals surface area contributed by atoms with Crippen LogP contribution in [0.1, 0.15) is 134 Å². The highest BCUT2D eigenvalue weighted by Gasteiger charge is 2.73. The van der Waals surface area contributed by atoms with Gasteiger partial charge < -0.3 is 4.74 Å². The zero-order valence-corrected chi connectivity index (χ0v) is 81.7. The minimum atomic E-state index is -6.23. The molecule has 0 aliphatic carbocycles. The number of halogens is 10. The standard InChI is InChI=1S/C18H22O2S.C17H10F10.C16H18O2S.C16H18S.C14H14O2S.C14H14O.C14H14S/c1-11-7-17(8-12(2)15(11)5)21(19,20)18-9-13(3)16(6)14(4)10-18;1-7-11(18)3-9(4-12(7)19)15(16(22,23)24,17(25,26)27)10-5-13(20)8(2)14(21)6-10;1-11-5-7-15(13(3)9-11)19(17,18)16-8-6-12(2)10-14(16)4;1-11-5-7-15(9-13(11)3)17-16-8-6-12(2)14(4)10-16;1-11-3-7-13(8-4-11)17(15,16)14-9-5-12(2)6-10-14;2*1-11-3-7-13(8-4-11)15-14-9-5-12(2)6-10-14/h7-10H,1-6H3;3-6H,1-2H3;5-10H,1-4H3;5-10H,1-4H3;3-10H,1-2H3;2*3-10H,1-2H3. The van der Waals surface area contributed by atoms with Crippen molar-refractivity contribution >= 4 is 53.0 Å². The molecule has 14 rings (SSSR count). The zero-order chi connectivity index (χ0) is 97.3. The van der Waals surface area contributed by atoms with Gasteiger partial charge in [0, 0.05) is 30.7 Å². The van der Waals surface area contributed by atoms with Gasteiger partial charge in [-0.1, -0.05) is 177 Å². The number of sulfone groups is 3.